The van der Waals surface area contributed by atoms with Gasteiger partial charge in [0, 0.05) is 35.4 Å². The average molecular weight is 370 g/mol. The number of hydrogen-bond acceptors (Lipinski definition) is 4. The number of methoxy groups -OCH3 is 1. The van der Waals surface area contributed by atoms with Crippen LogP contribution in [0.4, 0.5) is 0 Å². The van der Waals surface area contributed by atoms with Gasteiger partial charge in [-0.2, -0.15) is 0 Å². The highest BCUT2D eigenvalue weighted by atomic mass is 16.5. The SMILES string of the molecule is C/C=C1\C[N+]2([O-])CCc3c([nH]c4ccccc34)[C@@](CO)(C(=O)OC)[C@H]1CC2. The quantitative estimate of drug-likeness (QED) is 0.368. The Labute approximate surface area is 158 Å². The van der Waals surface area contributed by atoms with Gasteiger partial charge in [-0.1, -0.05) is 24.3 Å². The second-order valence-corrected chi connectivity index (χ2v) is 7.76. The highest BCUT2D eigenvalue weighted by Crippen LogP contribution is 2.47. The van der Waals surface area contributed by atoms with Crippen LogP contribution in [0.3, 0.4) is 0 Å². The Morgan fingerprint density at radius 2 is 2.22 bits per heavy atom. The van der Waals surface area contributed by atoms with E-state index in [0.29, 0.717) is 38.2 Å². The molecule has 4 heterocycles. The van der Waals surface area contributed by atoms with Crippen molar-refractivity contribution in [3.05, 3.63) is 52.4 Å². The first-order chi connectivity index (χ1) is 13.0. The molecule has 144 valence electrons. The van der Waals surface area contributed by atoms with Gasteiger partial charge in [-0.15, -0.1) is 0 Å². The number of carbonyl (C=O) groups excluding carboxylic acids is 1. The van der Waals surface area contributed by atoms with Crippen molar-refractivity contribution < 1.29 is 19.3 Å². The van der Waals surface area contributed by atoms with Gasteiger partial charge in [0.25, 0.3) is 0 Å². The fourth-order valence-electron chi connectivity index (χ4n) is 5.13. The molecule has 2 aromatic rings. The third-order valence-corrected chi connectivity index (χ3v) is 6.54. The van der Waals surface area contributed by atoms with Crippen LogP contribution in [-0.4, -0.2) is 54.1 Å². The van der Waals surface area contributed by atoms with Crippen LogP contribution < -0.4 is 0 Å². The number of aliphatic hydroxyl groups excluding tert-OH is 1. The maximum atomic E-state index is 13.3. The first-order valence-electron chi connectivity index (χ1n) is 9.50. The van der Waals surface area contributed by atoms with Crippen molar-refractivity contribution in [2.45, 2.75) is 25.2 Å². The summed E-state index contributed by atoms with van der Waals surface area (Å²) >= 11 is 0. The Bertz CT molecular complexity index is 918. The molecule has 2 bridgehead atoms. The maximum absolute atomic E-state index is 13.3. The standard InChI is InChI=1S/C21H26N2O4/c1-3-14-12-23(26)10-8-16-15-6-4-5-7-18(15)22-19(16)21(13-24,20(25)27-2)17(14)9-11-23/h3-7,17,22,24H,8-13H2,1-2H3/b14-3+/t17-,21-,23?/m0/s1. The van der Waals surface area contributed by atoms with Crippen molar-refractivity contribution in [1.29, 1.82) is 0 Å². The van der Waals surface area contributed by atoms with Gasteiger partial charge in [0.2, 0.25) is 0 Å². The van der Waals surface area contributed by atoms with Crippen LogP contribution in [-0.2, 0) is 21.4 Å². The van der Waals surface area contributed by atoms with E-state index >= 15 is 0 Å². The Morgan fingerprint density at radius 1 is 1.44 bits per heavy atom. The Balaban J connectivity index is 2.06. The van der Waals surface area contributed by atoms with Crippen LogP contribution in [0.2, 0.25) is 0 Å². The number of nitrogens with zero attached hydrogens (tertiary/aromatic N) is 1. The maximum Gasteiger partial charge on any atom is 0.320 e. The van der Waals surface area contributed by atoms with E-state index in [9.17, 15) is 15.1 Å². The lowest BCUT2D eigenvalue weighted by atomic mass is 9.66. The van der Waals surface area contributed by atoms with Gasteiger partial charge in [-0.3, -0.25) is 4.79 Å². The molecule has 0 aliphatic carbocycles. The normalized spacial score (nSPS) is 32.0. The van der Waals surface area contributed by atoms with Crippen LogP contribution >= 0.6 is 0 Å². The van der Waals surface area contributed by atoms with Crippen molar-refractivity contribution in [3.63, 3.8) is 0 Å². The number of aromatic amines is 1. The lowest BCUT2D eigenvalue weighted by Crippen LogP contribution is -2.56. The van der Waals surface area contributed by atoms with Gasteiger partial charge < -0.3 is 24.7 Å². The molecule has 3 aliphatic rings. The molecule has 6 nitrogen and oxygen atoms in total. The number of piperidine rings is 1. The Hall–Kier alpha value is -2.15. The van der Waals surface area contributed by atoms with E-state index in [-0.39, 0.29) is 17.2 Å². The van der Waals surface area contributed by atoms with Crippen LogP contribution in [0.25, 0.3) is 10.9 Å². The number of H-pyrrole nitrogens is 1. The van der Waals surface area contributed by atoms with Gasteiger partial charge in [0.1, 0.15) is 12.0 Å². The molecule has 1 aromatic carbocycles. The second-order valence-electron chi connectivity index (χ2n) is 7.76. The molecule has 1 fully saturated rings. The third-order valence-electron chi connectivity index (χ3n) is 6.54. The topological polar surface area (TPSA) is 85.4 Å². The van der Waals surface area contributed by atoms with Crippen LogP contribution in [0, 0.1) is 11.1 Å². The molecule has 6 heteroatoms. The number of carbonyl (C=O) groups is 1. The van der Waals surface area contributed by atoms with Crippen molar-refractivity contribution in [1.82, 2.24) is 4.98 Å². The number of hydrogen-bond donors (Lipinski definition) is 2. The van der Waals surface area contributed by atoms with Crippen LogP contribution in [0.15, 0.2) is 35.9 Å². The highest BCUT2D eigenvalue weighted by Gasteiger charge is 2.55. The summed E-state index contributed by atoms with van der Waals surface area (Å²) in [4.78, 5) is 16.6. The van der Waals surface area contributed by atoms with E-state index < -0.39 is 11.4 Å². The summed E-state index contributed by atoms with van der Waals surface area (Å²) in [5, 5.41) is 24.9. The molecule has 0 saturated carbocycles. The van der Waals surface area contributed by atoms with Crippen molar-refractivity contribution >= 4 is 16.9 Å². The number of fused-ring (bicyclic) bond motifs is 4. The molecular formula is C21H26N2O4. The van der Waals surface area contributed by atoms with E-state index in [2.05, 4.69) is 4.98 Å². The molecule has 1 unspecified atom stereocenters. The molecule has 1 saturated heterocycles. The average Bonchev–Trinajstić information content (AvgIpc) is 3.09. The van der Waals surface area contributed by atoms with E-state index in [1.807, 2.05) is 37.3 Å². The van der Waals surface area contributed by atoms with Gasteiger partial charge >= 0.3 is 5.97 Å². The van der Waals surface area contributed by atoms with E-state index in [4.69, 9.17) is 4.74 Å². The largest absolute Gasteiger partial charge is 0.633 e. The fourth-order valence-corrected chi connectivity index (χ4v) is 5.13. The smallest absolute Gasteiger partial charge is 0.320 e. The number of aliphatic hydroxyl groups is 1. The number of nitrogens with one attached hydrogen (secondary N) is 1. The third kappa shape index (κ3) is 2.55. The van der Waals surface area contributed by atoms with Crippen LogP contribution in [0.1, 0.15) is 24.6 Å². The molecule has 5 rings (SSSR count). The lowest BCUT2D eigenvalue weighted by Gasteiger charge is -2.50. The zero-order valence-electron chi connectivity index (χ0n) is 15.8. The molecule has 0 amide bonds. The number of benzene rings is 1. The predicted octanol–water partition coefficient (Wildman–Crippen LogP) is 2.41. The van der Waals surface area contributed by atoms with E-state index in [1.54, 1.807) is 0 Å². The number of esters is 1. The number of para-hydroxylation sites is 1. The summed E-state index contributed by atoms with van der Waals surface area (Å²) in [6.07, 6.45) is 3.05. The Kier molecular flexibility index (Phi) is 4.37. The van der Waals surface area contributed by atoms with E-state index in [0.717, 1.165) is 22.0 Å². The van der Waals surface area contributed by atoms with Gasteiger partial charge in [0.15, 0.2) is 0 Å². The van der Waals surface area contributed by atoms with Crippen molar-refractivity contribution in [2.24, 2.45) is 5.92 Å². The van der Waals surface area contributed by atoms with Gasteiger partial charge in [-0.25, -0.2) is 0 Å². The zero-order valence-corrected chi connectivity index (χ0v) is 15.8. The molecule has 3 aliphatic heterocycles. The van der Waals surface area contributed by atoms with Crippen LogP contribution in [0.5, 0.6) is 0 Å². The molecule has 0 spiro atoms. The molecule has 1 aromatic heterocycles. The number of rotatable bonds is 2. The summed E-state index contributed by atoms with van der Waals surface area (Å²) in [5.41, 5.74) is 2.28. The summed E-state index contributed by atoms with van der Waals surface area (Å²) in [7, 11) is 1.36. The summed E-state index contributed by atoms with van der Waals surface area (Å²) in [5.74, 6) is -0.708. The molecule has 3 atom stereocenters. The molecule has 2 N–H and O–H groups in total. The zero-order chi connectivity index (χ0) is 19.2. The minimum absolute atomic E-state index is 0.259. The number of aromatic nitrogens is 1. The summed E-state index contributed by atoms with van der Waals surface area (Å²) in [6.45, 7) is 2.81. The minimum Gasteiger partial charge on any atom is -0.633 e. The highest BCUT2D eigenvalue weighted by molar-refractivity contribution is 5.91. The fraction of sp³-hybridized carbons (Fsp3) is 0.476. The Morgan fingerprint density at radius 3 is 2.93 bits per heavy atom. The minimum atomic E-state index is -1.22. The predicted molar refractivity (Wildman–Crippen MR) is 103 cm³/mol. The van der Waals surface area contributed by atoms with Gasteiger partial charge in [-0.05, 0) is 24.1 Å². The number of allylic oxidation sites excluding steroid dienone is 1. The second kappa shape index (κ2) is 6.48. The van der Waals surface area contributed by atoms with Gasteiger partial charge in [0.05, 0.1) is 26.8 Å². The lowest BCUT2D eigenvalue weighted by molar-refractivity contribution is -0.880. The number of quaternary nitrogens is 1. The summed E-state index contributed by atoms with van der Waals surface area (Å²) in [6, 6.07) is 7.86. The summed E-state index contributed by atoms with van der Waals surface area (Å²) < 4.78 is 4.93. The monoisotopic (exact) mass is 370 g/mol. The van der Waals surface area contributed by atoms with Crippen molar-refractivity contribution in [2.75, 3.05) is 33.4 Å². The van der Waals surface area contributed by atoms with E-state index in [1.165, 1.54) is 7.11 Å². The first kappa shape index (κ1) is 18.2. The van der Waals surface area contributed by atoms with Crippen molar-refractivity contribution in [3.8, 4) is 0 Å². The first-order valence-corrected chi connectivity index (χ1v) is 9.50. The molecular weight excluding hydrogens is 344 g/mol. The molecule has 0 radical (unpaired) electrons. The molecule has 27 heavy (non-hydrogen) atoms. The number of hydroxylamine groups is 3. The number of ether oxygens (including phenoxy) is 1.